The molecule has 0 amide bonds. The third-order valence-electron chi connectivity index (χ3n) is 3.74. The molecule has 1 aromatic carbocycles. The average Bonchev–Trinajstić information content (AvgIpc) is 2.40. The molecule has 2 unspecified atom stereocenters. The fourth-order valence-electron chi connectivity index (χ4n) is 2.67. The van der Waals surface area contributed by atoms with E-state index in [0.717, 1.165) is 19.1 Å². The molecule has 0 aromatic heterocycles. The Morgan fingerprint density at radius 1 is 1.39 bits per heavy atom. The quantitative estimate of drug-likeness (QED) is 0.750. The van der Waals surface area contributed by atoms with Gasteiger partial charge in [0.2, 0.25) is 0 Å². The lowest BCUT2D eigenvalue weighted by atomic mass is 9.84. The van der Waals surface area contributed by atoms with Crippen LogP contribution in [0, 0.1) is 5.92 Å². The fourth-order valence-corrected chi connectivity index (χ4v) is 2.83. The van der Waals surface area contributed by atoms with Gasteiger partial charge in [-0.15, -0.1) is 0 Å². The highest BCUT2D eigenvalue weighted by Crippen LogP contribution is 2.32. The van der Waals surface area contributed by atoms with Gasteiger partial charge in [-0.2, -0.15) is 0 Å². The van der Waals surface area contributed by atoms with E-state index in [9.17, 15) is 4.79 Å². The van der Waals surface area contributed by atoms with Crippen LogP contribution in [-0.2, 0) is 0 Å². The first-order valence-electron chi connectivity index (χ1n) is 6.66. The first-order valence-corrected chi connectivity index (χ1v) is 7.03. The van der Waals surface area contributed by atoms with Crippen molar-refractivity contribution in [2.75, 3.05) is 0 Å². The SMILES string of the molecule is CCC1CCCCC1Oc1cc(Cl)ccc1C=O. The molecule has 0 spiro atoms. The van der Waals surface area contributed by atoms with Gasteiger partial charge in [0.25, 0.3) is 0 Å². The zero-order chi connectivity index (χ0) is 13.0. The summed E-state index contributed by atoms with van der Waals surface area (Å²) >= 11 is 5.97. The minimum absolute atomic E-state index is 0.223. The Morgan fingerprint density at radius 3 is 2.89 bits per heavy atom. The van der Waals surface area contributed by atoms with Crippen molar-refractivity contribution in [1.29, 1.82) is 0 Å². The van der Waals surface area contributed by atoms with E-state index in [0.29, 0.717) is 22.3 Å². The lowest BCUT2D eigenvalue weighted by Gasteiger charge is -2.31. The normalized spacial score (nSPS) is 23.7. The predicted octanol–water partition coefficient (Wildman–Crippen LogP) is 4.50. The fraction of sp³-hybridized carbons (Fsp3) is 0.533. The second kappa shape index (κ2) is 6.24. The molecule has 0 aliphatic heterocycles. The number of ether oxygens (including phenoxy) is 1. The summed E-state index contributed by atoms with van der Waals surface area (Å²) in [5.74, 6) is 1.22. The Bertz CT molecular complexity index is 417. The molecule has 98 valence electrons. The predicted molar refractivity (Wildman–Crippen MR) is 73.5 cm³/mol. The van der Waals surface area contributed by atoms with E-state index >= 15 is 0 Å². The van der Waals surface area contributed by atoms with E-state index in [1.807, 2.05) is 0 Å². The number of benzene rings is 1. The van der Waals surface area contributed by atoms with Gasteiger partial charge in [-0.3, -0.25) is 4.79 Å². The van der Waals surface area contributed by atoms with Gasteiger partial charge in [-0.1, -0.05) is 24.9 Å². The van der Waals surface area contributed by atoms with Crippen LogP contribution in [-0.4, -0.2) is 12.4 Å². The monoisotopic (exact) mass is 266 g/mol. The molecule has 1 fully saturated rings. The van der Waals surface area contributed by atoms with E-state index in [1.54, 1.807) is 18.2 Å². The summed E-state index contributed by atoms with van der Waals surface area (Å²) in [4.78, 5) is 11.0. The van der Waals surface area contributed by atoms with Gasteiger partial charge in [-0.05, 0) is 49.8 Å². The second-order valence-electron chi connectivity index (χ2n) is 4.91. The van der Waals surface area contributed by atoms with E-state index in [4.69, 9.17) is 16.3 Å². The molecule has 1 aliphatic carbocycles. The van der Waals surface area contributed by atoms with Crippen LogP contribution >= 0.6 is 11.6 Å². The van der Waals surface area contributed by atoms with Crippen LogP contribution < -0.4 is 4.74 Å². The molecule has 1 aliphatic rings. The minimum atomic E-state index is 0.223. The second-order valence-corrected chi connectivity index (χ2v) is 5.35. The van der Waals surface area contributed by atoms with Crippen molar-refractivity contribution < 1.29 is 9.53 Å². The maximum atomic E-state index is 11.0. The number of carbonyl (C=O) groups is 1. The smallest absolute Gasteiger partial charge is 0.153 e. The molecule has 0 saturated heterocycles. The van der Waals surface area contributed by atoms with E-state index < -0.39 is 0 Å². The number of hydrogen-bond donors (Lipinski definition) is 0. The number of aldehydes is 1. The van der Waals surface area contributed by atoms with Gasteiger partial charge in [0.15, 0.2) is 6.29 Å². The molecular weight excluding hydrogens is 248 g/mol. The molecule has 0 heterocycles. The van der Waals surface area contributed by atoms with Gasteiger partial charge >= 0.3 is 0 Å². The third kappa shape index (κ3) is 3.05. The zero-order valence-corrected chi connectivity index (χ0v) is 11.5. The molecule has 2 atom stereocenters. The summed E-state index contributed by atoms with van der Waals surface area (Å²) in [5.41, 5.74) is 0.583. The van der Waals surface area contributed by atoms with Crippen LogP contribution in [0.1, 0.15) is 49.4 Å². The van der Waals surface area contributed by atoms with Crippen LogP contribution in [0.15, 0.2) is 18.2 Å². The Morgan fingerprint density at radius 2 is 2.17 bits per heavy atom. The van der Waals surface area contributed by atoms with Crippen LogP contribution in [0.2, 0.25) is 5.02 Å². The summed E-state index contributed by atoms with van der Waals surface area (Å²) in [6.45, 7) is 2.20. The topological polar surface area (TPSA) is 26.3 Å². The summed E-state index contributed by atoms with van der Waals surface area (Å²) in [6.07, 6.45) is 6.96. The Labute approximate surface area is 113 Å². The molecule has 18 heavy (non-hydrogen) atoms. The van der Waals surface area contributed by atoms with Gasteiger partial charge in [0.1, 0.15) is 11.9 Å². The summed E-state index contributed by atoms with van der Waals surface area (Å²) in [7, 11) is 0. The standard InChI is InChI=1S/C15H19ClO2/c1-2-11-5-3-4-6-14(11)18-15-9-13(16)8-7-12(15)10-17/h7-11,14H,2-6H2,1H3. The molecule has 0 N–H and O–H groups in total. The first-order chi connectivity index (χ1) is 8.74. The van der Waals surface area contributed by atoms with Crippen molar-refractivity contribution in [3.8, 4) is 5.75 Å². The van der Waals surface area contributed by atoms with Crippen molar-refractivity contribution in [3.05, 3.63) is 28.8 Å². The molecule has 0 radical (unpaired) electrons. The summed E-state index contributed by atoms with van der Waals surface area (Å²) in [6, 6.07) is 5.18. The highest BCUT2D eigenvalue weighted by Gasteiger charge is 2.25. The third-order valence-corrected chi connectivity index (χ3v) is 3.98. The number of hydrogen-bond acceptors (Lipinski definition) is 2. The van der Waals surface area contributed by atoms with E-state index in [-0.39, 0.29) is 6.10 Å². The van der Waals surface area contributed by atoms with E-state index in [2.05, 4.69) is 6.92 Å². The lowest BCUT2D eigenvalue weighted by Crippen LogP contribution is -2.30. The maximum absolute atomic E-state index is 11.0. The zero-order valence-electron chi connectivity index (χ0n) is 10.7. The summed E-state index contributed by atoms with van der Waals surface area (Å²) < 4.78 is 6.05. The molecule has 1 aromatic rings. The molecular formula is C15H19ClO2. The van der Waals surface area contributed by atoms with Crippen molar-refractivity contribution in [2.45, 2.75) is 45.1 Å². The molecule has 2 rings (SSSR count). The van der Waals surface area contributed by atoms with Crippen molar-refractivity contribution in [1.82, 2.24) is 0 Å². The maximum Gasteiger partial charge on any atom is 0.153 e. The minimum Gasteiger partial charge on any atom is -0.489 e. The molecule has 3 heteroatoms. The molecule has 0 bridgehead atoms. The van der Waals surface area contributed by atoms with Crippen LogP contribution in [0.3, 0.4) is 0 Å². The van der Waals surface area contributed by atoms with Crippen LogP contribution in [0.5, 0.6) is 5.75 Å². The van der Waals surface area contributed by atoms with Gasteiger partial charge < -0.3 is 4.74 Å². The number of halogens is 1. The largest absolute Gasteiger partial charge is 0.489 e. The Hall–Kier alpha value is -1.02. The summed E-state index contributed by atoms with van der Waals surface area (Å²) in [5, 5.41) is 0.611. The van der Waals surface area contributed by atoms with Crippen LogP contribution in [0.4, 0.5) is 0 Å². The van der Waals surface area contributed by atoms with Gasteiger partial charge in [-0.25, -0.2) is 0 Å². The van der Waals surface area contributed by atoms with E-state index in [1.165, 1.54) is 19.3 Å². The number of carbonyl (C=O) groups excluding carboxylic acids is 1. The van der Waals surface area contributed by atoms with Crippen molar-refractivity contribution in [3.63, 3.8) is 0 Å². The first kappa shape index (κ1) is 13.4. The van der Waals surface area contributed by atoms with Gasteiger partial charge in [0.05, 0.1) is 5.56 Å². The van der Waals surface area contributed by atoms with Crippen LogP contribution in [0.25, 0.3) is 0 Å². The highest BCUT2D eigenvalue weighted by molar-refractivity contribution is 6.30. The Kier molecular flexibility index (Phi) is 4.65. The van der Waals surface area contributed by atoms with Crippen molar-refractivity contribution >= 4 is 17.9 Å². The molecule has 1 saturated carbocycles. The van der Waals surface area contributed by atoms with Crippen molar-refractivity contribution in [2.24, 2.45) is 5.92 Å². The highest BCUT2D eigenvalue weighted by atomic mass is 35.5. The molecule has 2 nitrogen and oxygen atoms in total. The Balaban J connectivity index is 2.16. The number of rotatable bonds is 4. The average molecular weight is 267 g/mol. The van der Waals surface area contributed by atoms with Gasteiger partial charge in [0, 0.05) is 5.02 Å². The lowest BCUT2D eigenvalue weighted by molar-refractivity contribution is 0.0884.